The lowest BCUT2D eigenvalue weighted by Gasteiger charge is -2.52. The largest absolute Gasteiger partial charge is 0.600 e. The molecule has 0 saturated carbocycles. The van der Waals surface area contributed by atoms with E-state index >= 15 is 0 Å². The van der Waals surface area contributed by atoms with E-state index in [4.69, 9.17) is 9.31 Å². The number of benzene rings is 1. The number of aliphatic hydroxyl groups is 1. The Hall–Kier alpha value is -3.57. The second kappa shape index (κ2) is 11.0. The van der Waals surface area contributed by atoms with Crippen LogP contribution < -0.4 is 5.32 Å². The molecule has 0 spiro atoms. The molecule has 41 heavy (non-hydrogen) atoms. The van der Waals surface area contributed by atoms with Crippen LogP contribution in [-0.4, -0.2) is 76.1 Å². The third kappa shape index (κ3) is 4.95. The minimum atomic E-state index is -2.52. The highest BCUT2D eigenvalue weighted by Crippen LogP contribution is 2.54. The number of hydrogen-bond acceptors (Lipinski definition) is 8. The number of quaternary nitrogens is 1. The lowest BCUT2D eigenvalue weighted by Crippen LogP contribution is -2.70. The van der Waals surface area contributed by atoms with Crippen molar-refractivity contribution in [3.63, 3.8) is 0 Å². The normalized spacial score (nSPS) is 28.8. The highest BCUT2D eigenvalue weighted by Gasteiger charge is 2.76. The van der Waals surface area contributed by atoms with Gasteiger partial charge in [-0.25, -0.2) is 14.6 Å². The molecule has 3 aliphatic rings. The van der Waals surface area contributed by atoms with Gasteiger partial charge in [-0.05, 0) is 43.6 Å². The Bertz CT molecular complexity index is 1320. The molecular formula is C30H38BN3O7. The summed E-state index contributed by atoms with van der Waals surface area (Å²) in [6.45, 7) is 2.89. The van der Waals surface area contributed by atoms with E-state index in [2.05, 4.69) is 10.3 Å². The number of Topliss-reactive ketones (excluding diaryl/α,β-unsaturated/α-hetero) is 1. The number of likely N-dealkylation sites (N-methyl/N-ethyl adjacent to an activating group) is 1. The fourth-order valence-corrected chi connectivity index (χ4v) is 7.27. The van der Waals surface area contributed by atoms with E-state index in [-0.39, 0.29) is 22.4 Å². The van der Waals surface area contributed by atoms with Crippen molar-refractivity contribution >= 4 is 30.3 Å². The topological polar surface area (TPSA) is 132 Å². The highest BCUT2D eigenvalue weighted by molar-refractivity contribution is 6.68. The van der Waals surface area contributed by atoms with Crippen LogP contribution in [0, 0.1) is 5.92 Å². The molecule has 0 aliphatic carbocycles. The second-order valence-electron chi connectivity index (χ2n) is 12.3. The van der Waals surface area contributed by atoms with Crippen LogP contribution in [0.4, 0.5) is 0 Å². The summed E-state index contributed by atoms with van der Waals surface area (Å²) in [6, 6.07) is 12.2. The van der Waals surface area contributed by atoms with Crippen molar-refractivity contribution in [3.05, 3.63) is 54.2 Å². The van der Waals surface area contributed by atoms with Crippen molar-refractivity contribution < 1.29 is 38.0 Å². The molecular weight excluding hydrogens is 525 g/mol. The van der Waals surface area contributed by atoms with Crippen molar-refractivity contribution in [1.82, 2.24) is 10.3 Å². The molecule has 2 N–H and O–H groups in total. The molecule has 1 amide bonds. The Kier molecular flexibility index (Phi) is 7.78. The molecule has 3 aliphatic heterocycles. The number of piperidine rings is 1. The maximum absolute atomic E-state index is 13.8. The number of aromatic nitrogens is 1. The van der Waals surface area contributed by atoms with Gasteiger partial charge in [0.2, 0.25) is 0 Å². The van der Waals surface area contributed by atoms with Gasteiger partial charge in [0.15, 0.2) is 5.78 Å². The molecule has 4 heterocycles. The van der Waals surface area contributed by atoms with Gasteiger partial charge in [0.05, 0.1) is 11.8 Å². The van der Waals surface area contributed by atoms with Gasteiger partial charge in [-0.1, -0.05) is 56.7 Å². The summed E-state index contributed by atoms with van der Waals surface area (Å²) in [7, 11) is 1.85. The number of rotatable bonds is 10. The summed E-state index contributed by atoms with van der Waals surface area (Å²) < 4.78 is 12.1. The van der Waals surface area contributed by atoms with Gasteiger partial charge < -0.3 is 24.1 Å². The number of ketones is 1. The average Bonchev–Trinajstić information content (AvgIpc) is 3.31. The molecule has 218 valence electrons. The van der Waals surface area contributed by atoms with E-state index in [9.17, 15) is 24.3 Å². The van der Waals surface area contributed by atoms with Crippen LogP contribution in [0.25, 0.3) is 11.3 Å². The summed E-state index contributed by atoms with van der Waals surface area (Å²) in [5, 5.41) is 13.3. The van der Waals surface area contributed by atoms with Crippen molar-refractivity contribution in [3.8, 4) is 11.3 Å². The van der Waals surface area contributed by atoms with Gasteiger partial charge in [0, 0.05) is 25.5 Å². The number of nitrogens with zero attached hydrogens (tertiary/aromatic N) is 2. The van der Waals surface area contributed by atoms with Crippen molar-refractivity contribution in [2.75, 3.05) is 7.05 Å². The molecule has 3 fully saturated rings. The third-order valence-electron chi connectivity index (χ3n) is 9.19. The molecule has 10 nitrogen and oxygen atoms in total. The summed E-state index contributed by atoms with van der Waals surface area (Å²) in [6.07, 6.45) is 1.03. The Morgan fingerprint density at radius 3 is 2.24 bits per heavy atom. The smallest absolute Gasteiger partial charge is 0.587 e. The number of carbonyl (C=O) groups excluding carboxylic acids is 4. The van der Waals surface area contributed by atoms with E-state index in [1.807, 2.05) is 51.2 Å². The molecule has 0 bridgehead atoms. The molecule has 1 aromatic heterocycles. The van der Waals surface area contributed by atoms with Crippen LogP contribution in [0.5, 0.6) is 0 Å². The van der Waals surface area contributed by atoms with E-state index < -0.39 is 60.4 Å². The van der Waals surface area contributed by atoms with Gasteiger partial charge >= 0.3 is 18.6 Å². The van der Waals surface area contributed by atoms with Gasteiger partial charge in [-0.3, -0.25) is 9.59 Å². The average molecular weight is 563 g/mol. The van der Waals surface area contributed by atoms with Crippen LogP contribution in [-0.2, 0) is 23.7 Å². The number of hydrogen-bond donors (Lipinski definition) is 2. The first-order chi connectivity index (χ1) is 19.5. The quantitative estimate of drug-likeness (QED) is 0.422. The molecule has 0 radical (unpaired) electrons. The summed E-state index contributed by atoms with van der Waals surface area (Å²) in [5.74, 6) is -2.32. The molecule has 0 unspecified atom stereocenters. The standard InChI is InChI=1S/C30H38BN3O7/c1-18(2)16-21(31-34(4)24(29(38)40-31)14-9-15-25(34)30(39)41-31)17-26(36)27(19(3)35)33-28(37)23-13-8-12-22(32-23)20-10-6-5-7-11-20/h5-8,10-13,18-19,21,24-25,27,35H,9,14-17H2,1-4H3,(H,33,37)/t19-,21-,24+,25+,27+,31?,34?/m1/s1. The number of amides is 1. The van der Waals surface area contributed by atoms with E-state index in [0.29, 0.717) is 25.0 Å². The monoisotopic (exact) mass is 563 g/mol. The van der Waals surface area contributed by atoms with Gasteiger partial charge in [-0.2, -0.15) is 0 Å². The summed E-state index contributed by atoms with van der Waals surface area (Å²) in [5.41, 5.74) is 1.55. The lowest BCUT2D eigenvalue weighted by atomic mass is 9.50. The predicted molar refractivity (Wildman–Crippen MR) is 151 cm³/mol. The van der Waals surface area contributed by atoms with Crippen LogP contribution >= 0.6 is 0 Å². The first kappa shape index (κ1) is 28.9. The maximum Gasteiger partial charge on any atom is 0.587 e. The summed E-state index contributed by atoms with van der Waals surface area (Å²) >= 11 is 0. The highest BCUT2D eigenvalue weighted by atomic mass is 16.7. The fourth-order valence-electron chi connectivity index (χ4n) is 7.27. The van der Waals surface area contributed by atoms with Crippen LogP contribution in [0.3, 0.4) is 0 Å². The maximum atomic E-state index is 13.8. The van der Waals surface area contributed by atoms with Crippen molar-refractivity contribution in [2.45, 2.75) is 82.9 Å². The predicted octanol–water partition coefficient (Wildman–Crippen LogP) is 3.02. The second-order valence-corrected chi connectivity index (χ2v) is 12.3. The molecule has 5 rings (SSSR count). The fraction of sp³-hybridized carbons (Fsp3) is 0.500. The first-order valence-electron chi connectivity index (χ1n) is 14.5. The lowest BCUT2D eigenvalue weighted by molar-refractivity contribution is -0.850. The minimum absolute atomic E-state index is 0.0459. The molecule has 1 aromatic carbocycles. The molecule has 5 atom stereocenters. The number of nitrogens with one attached hydrogen (secondary N) is 1. The van der Waals surface area contributed by atoms with Crippen LogP contribution in [0.1, 0.15) is 63.4 Å². The SMILES string of the molecule is CC(C)C[C@H](CC(=O)[C@@H](NC(=O)c1cccc(-c2ccccc2)n1)[C@@H](C)O)[B-]12OC(=O)[C@@H]3CCC[C@@H](C(=O)O1)[N+]32C. The Balaban J connectivity index is 1.40. The van der Waals surface area contributed by atoms with E-state index in [0.717, 1.165) is 12.0 Å². The Morgan fingerprint density at radius 1 is 1.02 bits per heavy atom. The number of pyridine rings is 1. The molecule has 2 aromatic rings. The Morgan fingerprint density at radius 2 is 1.66 bits per heavy atom. The van der Waals surface area contributed by atoms with E-state index in [1.54, 1.807) is 18.2 Å². The summed E-state index contributed by atoms with van der Waals surface area (Å²) in [4.78, 5) is 57.6. The van der Waals surface area contributed by atoms with Crippen LogP contribution in [0.15, 0.2) is 48.5 Å². The van der Waals surface area contributed by atoms with E-state index in [1.165, 1.54) is 6.92 Å². The van der Waals surface area contributed by atoms with Crippen LogP contribution in [0.2, 0.25) is 5.82 Å². The zero-order chi connectivity index (χ0) is 29.5. The first-order valence-corrected chi connectivity index (χ1v) is 14.5. The molecule has 11 heteroatoms. The van der Waals surface area contributed by atoms with Crippen molar-refractivity contribution in [2.24, 2.45) is 5.92 Å². The number of carbonyl (C=O) groups is 4. The zero-order valence-electron chi connectivity index (χ0n) is 24.0. The van der Waals surface area contributed by atoms with Gasteiger partial charge in [-0.15, -0.1) is 0 Å². The minimum Gasteiger partial charge on any atom is -0.600 e. The number of aliphatic hydroxyl groups excluding tert-OH is 1. The third-order valence-corrected chi connectivity index (χ3v) is 9.19. The van der Waals surface area contributed by atoms with Gasteiger partial charge in [0.25, 0.3) is 5.91 Å². The molecule has 3 saturated heterocycles. The van der Waals surface area contributed by atoms with Crippen molar-refractivity contribution in [1.29, 1.82) is 0 Å². The zero-order valence-corrected chi connectivity index (χ0v) is 24.0. The van der Waals surface area contributed by atoms with Gasteiger partial charge in [0.1, 0.15) is 23.8 Å². The Labute approximate surface area is 240 Å².